The molecule has 114 valence electrons. The van der Waals surface area contributed by atoms with E-state index in [1.54, 1.807) is 11.3 Å². The molecule has 0 radical (unpaired) electrons. The Morgan fingerprint density at radius 2 is 2.40 bits per heavy atom. The monoisotopic (exact) mass is 317 g/mol. The molecule has 0 aromatic carbocycles. The number of amides is 1. The number of piperidine rings is 1. The molecule has 0 unspecified atom stereocenters. The zero-order chi connectivity index (χ0) is 13.7. The van der Waals surface area contributed by atoms with E-state index in [0.29, 0.717) is 11.9 Å². The van der Waals surface area contributed by atoms with Gasteiger partial charge in [-0.15, -0.1) is 23.7 Å². The number of hydrogen-bond donors (Lipinski definition) is 1. The second-order valence-corrected chi connectivity index (χ2v) is 6.15. The van der Waals surface area contributed by atoms with Crippen molar-refractivity contribution in [1.29, 1.82) is 0 Å². The lowest BCUT2D eigenvalue weighted by Gasteiger charge is -2.31. The van der Waals surface area contributed by atoms with Crippen LogP contribution in [0.25, 0.3) is 0 Å². The van der Waals surface area contributed by atoms with Gasteiger partial charge in [0.25, 0.3) is 0 Å². The van der Waals surface area contributed by atoms with Gasteiger partial charge in [-0.25, -0.2) is 4.98 Å². The van der Waals surface area contributed by atoms with Crippen molar-refractivity contribution in [2.45, 2.75) is 39.2 Å². The molecule has 1 aliphatic heterocycles. The fourth-order valence-electron chi connectivity index (χ4n) is 2.65. The summed E-state index contributed by atoms with van der Waals surface area (Å²) in [6, 6.07) is 0.459. The highest BCUT2D eigenvalue weighted by atomic mass is 35.5. The van der Waals surface area contributed by atoms with Crippen LogP contribution in [0.15, 0.2) is 11.6 Å². The number of aromatic nitrogens is 1. The summed E-state index contributed by atoms with van der Waals surface area (Å²) in [5.41, 5.74) is 0. The molecule has 4 nitrogen and oxygen atoms in total. The molecule has 0 aliphatic carbocycles. The summed E-state index contributed by atoms with van der Waals surface area (Å²) in [6.45, 7) is 6.76. The molecule has 6 heteroatoms. The lowest BCUT2D eigenvalue weighted by atomic mass is 9.92. The van der Waals surface area contributed by atoms with Gasteiger partial charge in [0.05, 0.1) is 5.01 Å². The van der Waals surface area contributed by atoms with E-state index in [9.17, 15) is 4.79 Å². The van der Waals surface area contributed by atoms with E-state index in [1.165, 1.54) is 0 Å². The van der Waals surface area contributed by atoms with E-state index in [-0.39, 0.29) is 18.3 Å². The summed E-state index contributed by atoms with van der Waals surface area (Å²) in [6.07, 6.45) is 4.63. The van der Waals surface area contributed by atoms with Gasteiger partial charge in [-0.2, -0.15) is 0 Å². The highest BCUT2D eigenvalue weighted by molar-refractivity contribution is 7.09. The molecule has 1 aromatic heterocycles. The lowest BCUT2D eigenvalue weighted by Crippen LogP contribution is -2.44. The first kappa shape index (κ1) is 17.4. The van der Waals surface area contributed by atoms with Gasteiger partial charge in [0, 0.05) is 43.0 Å². The minimum Gasteiger partial charge on any atom is -0.342 e. The number of thiazole rings is 1. The number of hydrogen-bond acceptors (Lipinski definition) is 4. The van der Waals surface area contributed by atoms with Gasteiger partial charge in [-0.05, 0) is 33.2 Å². The van der Waals surface area contributed by atoms with Crippen LogP contribution in [0, 0.1) is 5.92 Å². The Hall–Kier alpha value is -0.650. The number of nitrogens with one attached hydrogen (secondary N) is 1. The van der Waals surface area contributed by atoms with Gasteiger partial charge in [0.1, 0.15) is 0 Å². The van der Waals surface area contributed by atoms with Crippen molar-refractivity contribution in [2.24, 2.45) is 5.92 Å². The van der Waals surface area contributed by atoms with Crippen LogP contribution in [0.4, 0.5) is 0 Å². The summed E-state index contributed by atoms with van der Waals surface area (Å²) in [5, 5.41) is 6.50. The molecule has 1 fully saturated rings. The zero-order valence-electron chi connectivity index (χ0n) is 12.2. The molecular formula is C14H24ClN3OS. The molecule has 20 heavy (non-hydrogen) atoms. The molecule has 2 atom stereocenters. The summed E-state index contributed by atoms with van der Waals surface area (Å²) < 4.78 is 0. The third-order valence-electron chi connectivity index (χ3n) is 3.75. The average Bonchev–Trinajstić information content (AvgIpc) is 2.92. The van der Waals surface area contributed by atoms with Crippen LogP contribution in [0.5, 0.6) is 0 Å². The number of carbonyl (C=O) groups excluding carboxylic acids is 1. The fraction of sp³-hybridized carbons (Fsp3) is 0.714. The van der Waals surface area contributed by atoms with E-state index < -0.39 is 0 Å². The lowest BCUT2D eigenvalue weighted by molar-refractivity contribution is -0.136. The molecule has 1 aromatic rings. The van der Waals surface area contributed by atoms with Crippen molar-refractivity contribution in [3.8, 4) is 0 Å². The maximum absolute atomic E-state index is 12.5. The molecule has 0 saturated carbocycles. The van der Waals surface area contributed by atoms with Gasteiger partial charge in [-0.3, -0.25) is 4.79 Å². The Labute approximate surface area is 131 Å². The van der Waals surface area contributed by atoms with Crippen LogP contribution in [0.3, 0.4) is 0 Å². The van der Waals surface area contributed by atoms with E-state index in [2.05, 4.69) is 24.1 Å². The third-order valence-corrected chi connectivity index (χ3v) is 4.58. The number of likely N-dealkylation sites (N-methyl/N-ethyl adjacent to an activating group) is 1. The van der Waals surface area contributed by atoms with Crippen molar-refractivity contribution in [1.82, 2.24) is 15.2 Å². The predicted octanol–water partition coefficient (Wildman–Crippen LogP) is 2.34. The maximum atomic E-state index is 12.5. The van der Waals surface area contributed by atoms with Crippen molar-refractivity contribution < 1.29 is 4.79 Å². The first-order valence-corrected chi connectivity index (χ1v) is 7.99. The number of nitrogens with zero attached hydrogens (tertiary/aromatic N) is 2. The summed E-state index contributed by atoms with van der Waals surface area (Å²) in [4.78, 5) is 18.8. The Morgan fingerprint density at radius 3 is 3.00 bits per heavy atom. The molecule has 1 amide bonds. The fourth-order valence-corrected chi connectivity index (χ4v) is 3.26. The van der Waals surface area contributed by atoms with Crippen molar-refractivity contribution in [3.63, 3.8) is 0 Å². The first-order valence-electron chi connectivity index (χ1n) is 7.11. The maximum Gasteiger partial charge on any atom is 0.225 e. The van der Waals surface area contributed by atoms with E-state index in [0.717, 1.165) is 43.9 Å². The Kier molecular flexibility index (Phi) is 7.48. The van der Waals surface area contributed by atoms with Gasteiger partial charge in [0.2, 0.25) is 5.91 Å². The van der Waals surface area contributed by atoms with Gasteiger partial charge < -0.3 is 10.2 Å². The van der Waals surface area contributed by atoms with E-state index in [4.69, 9.17) is 0 Å². The average molecular weight is 318 g/mol. The van der Waals surface area contributed by atoms with Crippen molar-refractivity contribution in [2.75, 3.05) is 19.6 Å². The second kappa shape index (κ2) is 8.60. The number of rotatable bonds is 5. The van der Waals surface area contributed by atoms with Crippen molar-refractivity contribution >= 4 is 29.7 Å². The third kappa shape index (κ3) is 4.72. The van der Waals surface area contributed by atoms with Crippen molar-refractivity contribution in [3.05, 3.63) is 16.6 Å². The SMILES string of the molecule is CCN(CCc1nccs1)C(=O)[C@H]1CCN[C@@H](C)C1.Cl. The van der Waals surface area contributed by atoms with Gasteiger partial charge in [-0.1, -0.05) is 0 Å². The van der Waals surface area contributed by atoms with Gasteiger partial charge in [0.15, 0.2) is 0 Å². The number of carbonyl (C=O) groups is 1. The summed E-state index contributed by atoms with van der Waals surface area (Å²) >= 11 is 1.66. The second-order valence-electron chi connectivity index (χ2n) is 5.17. The van der Waals surface area contributed by atoms with Crippen LogP contribution >= 0.6 is 23.7 Å². The van der Waals surface area contributed by atoms with Crippen LogP contribution in [0.1, 0.15) is 31.7 Å². The van der Waals surface area contributed by atoms with Crippen LogP contribution in [-0.4, -0.2) is 41.5 Å². The topological polar surface area (TPSA) is 45.2 Å². The zero-order valence-corrected chi connectivity index (χ0v) is 13.8. The highest BCUT2D eigenvalue weighted by Crippen LogP contribution is 2.19. The largest absolute Gasteiger partial charge is 0.342 e. The Morgan fingerprint density at radius 1 is 1.60 bits per heavy atom. The van der Waals surface area contributed by atoms with E-state index in [1.807, 2.05) is 16.5 Å². The highest BCUT2D eigenvalue weighted by Gasteiger charge is 2.27. The molecule has 1 N–H and O–H groups in total. The minimum atomic E-state index is 0. The van der Waals surface area contributed by atoms with Gasteiger partial charge >= 0.3 is 0 Å². The molecule has 1 aliphatic rings. The molecule has 1 saturated heterocycles. The Balaban J connectivity index is 0.00000200. The molecule has 2 rings (SSSR count). The Bertz CT molecular complexity index is 399. The molecule has 2 heterocycles. The summed E-state index contributed by atoms with van der Waals surface area (Å²) in [7, 11) is 0. The van der Waals surface area contributed by atoms with Crippen LogP contribution < -0.4 is 5.32 Å². The molecular weight excluding hydrogens is 294 g/mol. The van der Waals surface area contributed by atoms with Crippen LogP contribution in [-0.2, 0) is 11.2 Å². The molecule has 0 spiro atoms. The standard InChI is InChI=1S/C14H23N3OS.ClH/c1-3-17(8-5-13-16-7-9-19-13)14(18)12-4-6-15-11(2)10-12;/h7,9,11-12,15H,3-6,8,10H2,1-2H3;1H/t11-,12-;/m0./s1. The van der Waals surface area contributed by atoms with Crippen LogP contribution in [0.2, 0.25) is 0 Å². The quantitative estimate of drug-likeness (QED) is 0.906. The first-order chi connectivity index (χ1) is 9.20. The minimum absolute atomic E-state index is 0. The summed E-state index contributed by atoms with van der Waals surface area (Å²) in [5.74, 6) is 0.528. The predicted molar refractivity (Wildman–Crippen MR) is 85.5 cm³/mol. The van der Waals surface area contributed by atoms with E-state index >= 15 is 0 Å². The normalized spacial score (nSPS) is 22.1. The molecule has 0 bridgehead atoms. The number of halogens is 1. The smallest absolute Gasteiger partial charge is 0.225 e.